The molecule has 1 fully saturated rings. The van der Waals surface area contributed by atoms with E-state index >= 15 is 0 Å². The lowest BCUT2D eigenvalue weighted by Gasteiger charge is -2.18. The summed E-state index contributed by atoms with van der Waals surface area (Å²) in [4.78, 5) is 11.1. The fourth-order valence-electron chi connectivity index (χ4n) is 3.23. The minimum atomic E-state index is -3.91. The van der Waals surface area contributed by atoms with Crippen LogP contribution in [0.5, 0.6) is 0 Å². The van der Waals surface area contributed by atoms with Gasteiger partial charge in [0.1, 0.15) is 6.07 Å². The number of sulfonamides is 1. The molecule has 134 valence electrons. The zero-order valence-electron chi connectivity index (χ0n) is 13.7. The van der Waals surface area contributed by atoms with Crippen LogP contribution in [-0.2, 0) is 10.0 Å². The van der Waals surface area contributed by atoms with E-state index in [1.54, 1.807) is 12.1 Å². The van der Waals surface area contributed by atoms with Crippen LogP contribution in [0.4, 0.5) is 4.79 Å². The molecule has 0 unspecified atom stereocenters. The Hall–Kier alpha value is -2.89. The summed E-state index contributed by atoms with van der Waals surface area (Å²) >= 11 is 0. The van der Waals surface area contributed by atoms with E-state index in [1.807, 2.05) is 36.4 Å². The maximum absolute atomic E-state index is 13.0. The minimum absolute atomic E-state index is 0.00789. The van der Waals surface area contributed by atoms with Gasteiger partial charge in [-0.1, -0.05) is 42.5 Å². The molecule has 0 radical (unpaired) electrons. The first-order chi connectivity index (χ1) is 12.4. The second kappa shape index (κ2) is 7.15. The Morgan fingerprint density at radius 2 is 1.77 bits per heavy atom. The normalized spacial score (nSPS) is 20.4. The van der Waals surface area contributed by atoms with Crippen molar-refractivity contribution >= 4 is 16.1 Å². The summed E-state index contributed by atoms with van der Waals surface area (Å²) in [7, 11) is -3.91. The van der Waals surface area contributed by atoms with Gasteiger partial charge in [-0.2, -0.15) is 9.57 Å². The van der Waals surface area contributed by atoms with E-state index in [0.29, 0.717) is 0 Å². The highest BCUT2D eigenvalue weighted by Crippen LogP contribution is 2.32. The summed E-state index contributed by atoms with van der Waals surface area (Å²) in [6.45, 7) is 0.144. The van der Waals surface area contributed by atoms with Gasteiger partial charge >= 0.3 is 6.09 Å². The van der Waals surface area contributed by atoms with Crippen LogP contribution in [0.3, 0.4) is 0 Å². The summed E-state index contributed by atoms with van der Waals surface area (Å²) < 4.78 is 27.3. The summed E-state index contributed by atoms with van der Waals surface area (Å²) in [5.74, 6) is -0.309. The van der Waals surface area contributed by atoms with Gasteiger partial charge in [0.25, 0.3) is 0 Å². The molecule has 2 atom stereocenters. The predicted octanol–water partition coefficient (Wildman–Crippen LogP) is 1.98. The lowest BCUT2D eigenvalue weighted by Crippen LogP contribution is -2.39. The molecule has 0 spiro atoms. The minimum Gasteiger partial charge on any atom is -0.465 e. The predicted molar refractivity (Wildman–Crippen MR) is 94.0 cm³/mol. The summed E-state index contributed by atoms with van der Waals surface area (Å²) in [6, 6.07) is 16.5. The van der Waals surface area contributed by atoms with Gasteiger partial charge in [0, 0.05) is 19.0 Å². The first-order valence-electron chi connectivity index (χ1n) is 7.97. The topological polar surface area (TPSA) is 111 Å². The Bertz CT molecular complexity index is 954. The van der Waals surface area contributed by atoms with Crippen LogP contribution in [0.25, 0.3) is 0 Å². The van der Waals surface area contributed by atoms with Crippen LogP contribution < -0.4 is 5.32 Å². The molecule has 0 saturated carbocycles. The highest BCUT2D eigenvalue weighted by molar-refractivity contribution is 7.89. The molecule has 1 aliphatic heterocycles. The Morgan fingerprint density at radius 1 is 1.12 bits per heavy atom. The molecular formula is C18H17N3O4S. The number of carbonyl (C=O) groups is 1. The number of nitrogens with zero attached hydrogens (tertiary/aromatic N) is 2. The number of nitriles is 1. The van der Waals surface area contributed by atoms with Crippen LogP contribution in [0.2, 0.25) is 0 Å². The number of amides is 1. The number of rotatable bonds is 4. The fraction of sp³-hybridized carbons (Fsp3) is 0.222. The molecule has 0 aliphatic carbocycles. The lowest BCUT2D eigenvalue weighted by molar-refractivity contribution is 0.189. The SMILES string of the molecule is N#Cc1ccccc1S(=O)(=O)N1C[C@H](NC(=O)O)[C@@H](c2ccccc2)C1. The number of carboxylic acid groups (broad SMARTS) is 1. The number of hydrogen-bond donors (Lipinski definition) is 2. The largest absolute Gasteiger partial charge is 0.465 e. The average Bonchev–Trinajstić information content (AvgIpc) is 3.06. The highest BCUT2D eigenvalue weighted by Gasteiger charge is 2.41. The van der Waals surface area contributed by atoms with E-state index in [4.69, 9.17) is 5.11 Å². The number of hydrogen-bond acceptors (Lipinski definition) is 4. The number of nitrogens with one attached hydrogen (secondary N) is 1. The van der Waals surface area contributed by atoms with Gasteiger partial charge in [-0.15, -0.1) is 0 Å². The van der Waals surface area contributed by atoms with Gasteiger partial charge < -0.3 is 10.4 Å². The molecule has 2 aromatic rings. The van der Waals surface area contributed by atoms with Gasteiger partial charge in [0.05, 0.1) is 16.5 Å². The standard InChI is InChI=1S/C18H17N3O4S/c19-10-14-8-4-5-9-17(14)26(24,25)21-11-15(13-6-2-1-3-7-13)16(12-21)20-18(22)23/h1-9,15-16,20H,11-12H2,(H,22,23)/t15-,16+/m1/s1. The third-order valence-electron chi connectivity index (χ3n) is 4.45. The van der Waals surface area contributed by atoms with Gasteiger partial charge in [-0.3, -0.25) is 0 Å². The number of benzene rings is 2. The molecular weight excluding hydrogens is 354 g/mol. The molecule has 3 rings (SSSR count). The fourth-order valence-corrected chi connectivity index (χ4v) is 4.86. The van der Waals surface area contributed by atoms with E-state index in [9.17, 15) is 18.5 Å². The van der Waals surface area contributed by atoms with E-state index in [1.165, 1.54) is 16.4 Å². The summed E-state index contributed by atoms with van der Waals surface area (Å²) in [6.07, 6.45) is -1.20. The van der Waals surface area contributed by atoms with E-state index in [0.717, 1.165) is 5.56 Å². The quantitative estimate of drug-likeness (QED) is 0.854. The van der Waals surface area contributed by atoms with Crippen molar-refractivity contribution < 1.29 is 18.3 Å². The van der Waals surface area contributed by atoms with Crippen molar-refractivity contribution in [3.63, 3.8) is 0 Å². The zero-order chi connectivity index (χ0) is 18.7. The highest BCUT2D eigenvalue weighted by atomic mass is 32.2. The molecule has 26 heavy (non-hydrogen) atoms. The van der Waals surface area contributed by atoms with Gasteiger partial charge in [0.15, 0.2) is 0 Å². The zero-order valence-corrected chi connectivity index (χ0v) is 14.6. The monoisotopic (exact) mass is 371 g/mol. The molecule has 7 nitrogen and oxygen atoms in total. The molecule has 1 amide bonds. The van der Waals surface area contributed by atoms with E-state index in [-0.39, 0.29) is 29.5 Å². The van der Waals surface area contributed by atoms with Crippen molar-refractivity contribution in [2.45, 2.75) is 16.9 Å². The van der Waals surface area contributed by atoms with Gasteiger partial charge in [0.2, 0.25) is 10.0 Å². The Kier molecular flexibility index (Phi) is 4.93. The van der Waals surface area contributed by atoms with Crippen molar-refractivity contribution in [2.75, 3.05) is 13.1 Å². The van der Waals surface area contributed by atoms with Gasteiger partial charge in [-0.25, -0.2) is 13.2 Å². The van der Waals surface area contributed by atoms with Crippen LogP contribution in [0.1, 0.15) is 17.0 Å². The third kappa shape index (κ3) is 3.40. The maximum atomic E-state index is 13.0. The molecule has 0 aromatic heterocycles. The Balaban J connectivity index is 1.96. The average molecular weight is 371 g/mol. The van der Waals surface area contributed by atoms with Crippen LogP contribution in [0.15, 0.2) is 59.5 Å². The molecule has 8 heteroatoms. The summed E-state index contributed by atoms with van der Waals surface area (Å²) in [5.41, 5.74) is 0.927. The Morgan fingerprint density at radius 3 is 2.42 bits per heavy atom. The lowest BCUT2D eigenvalue weighted by atomic mass is 9.94. The van der Waals surface area contributed by atoms with Crippen molar-refractivity contribution in [1.29, 1.82) is 5.26 Å². The molecule has 1 aliphatic rings. The van der Waals surface area contributed by atoms with E-state index < -0.39 is 22.2 Å². The van der Waals surface area contributed by atoms with Crippen molar-refractivity contribution in [1.82, 2.24) is 9.62 Å². The van der Waals surface area contributed by atoms with Crippen LogP contribution in [0, 0.1) is 11.3 Å². The molecule has 2 N–H and O–H groups in total. The summed E-state index contributed by atoms with van der Waals surface area (Å²) in [5, 5.41) is 20.7. The van der Waals surface area contributed by atoms with Crippen molar-refractivity contribution in [2.24, 2.45) is 0 Å². The van der Waals surface area contributed by atoms with E-state index in [2.05, 4.69) is 5.32 Å². The van der Waals surface area contributed by atoms with Crippen LogP contribution in [-0.4, -0.2) is 43.1 Å². The second-order valence-corrected chi connectivity index (χ2v) is 7.91. The molecule has 1 saturated heterocycles. The van der Waals surface area contributed by atoms with Crippen molar-refractivity contribution in [3.8, 4) is 6.07 Å². The maximum Gasteiger partial charge on any atom is 0.404 e. The molecule has 1 heterocycles. The molecule has 0 bridgehead atoms. The second-order valence-electron chi connectivity index (χ2n) is 6.00. The first-order valence-corrected chi connectivity index (χ1v) is 9.41. The molecule has 2 aromatic carbocycles. The van der Waals surface area contributed by atoms with Crippen LogP contribution >= 0.6 is 0 Å². The first kappa shape index (κ1) is 17.9. The Labute approximate surface area is 151 Å². The van der Waals surface area contributed by atoms with Crippen molar-refractivity contribution in [3.05, 3.63) is 65.7 Å². The smallest absolute Gasteiger partial charge is 0.404 e. The van der Waals surface area contributed by atoms with Gasteiger partial charge in [-0.05, 0) is 17.7 Å². The third-order valence-corrected chi connectivity index (χ3v) is 6.34.